The molecule has 0 saturated heterocycles. The molecule has 0 aliphatic carbocycles. The molecule has 1 heterocycles. The van der Waals surface area contributed by atoms with Crippen LogP contribution in [0.2, 0.25) is 0 Å². The number of sulfonamides is 1. The average Bonchev–Trinajstić information content (AvgIpc) is 2.54. The molecule has 0 radical (unpaired) electrons. The third-order valence-electron chi connectivity index (χ3n) is 3.13. The number of pyridine rings is 1. The lowest BCUT2D eigenvalue weighted by Crippen LogP contribution is -2.44. The lowest BCUT2D eigenvalue weighted by molar-refractivity contribution is -0.122. The van der Waals surface area contributed by atoms with Crippen LogP contribution in [0.4, 0.5) is 4.39 Å². The number of carbonyl (C=O) groups excluding carboxylic acids is 1. The zero-order valence-corrected chi connectivity index (χ0v) is 14.5. The van der Waals surface area contributed by atoms with E-state index >= 15 is 0 Å². The molecule has 25 heavy (non-hydrogen) atoms. The third-order valence-corrected chi connectivity index (χ3v) is 3.91. The first-order valence-electron chi connectivity index (χ1n) is 7.37. The van der Waals surface area contributed by atoms with Crippen LogP contribution in [0.5, 0.6) is 11.6 Å². The van der Waals surface area contributed by atoms with Crippen LogP contribution in [0, 0.1) is 5.82 Å². The molecular formula is C16H18FN3O4S. The van der Waals surface area contributed by atoms with Crippen molar-refractivity contribution < 1.29 is 22.3 Å². The number of benzene rings is 1. The van der Waals surface area contributed by atoms with Crippen molar-refractivity contribution in [1.29, 1.82) is 0 Å². The molecule has 1 atom stereocenters. The van der Waals surface area contributed by atoms with Crippen LogP contribution < -0.4 is 14.8 Å². The van der Waals surface area contributed by atoms with E-state index in [0.29, 0.717) is 5.56 Å². The number of carbonyl (C=O) groups is 1. The van der Waals surface area contributed by atoms with Gasteiger partial charge in [-0.15, -0.1) is 0 Å². The van der Waals surface area contributed by atoms with E-state index in [1.807, 2.05) is 0 Å². The topological polar surface area (TPSA) is 97.4 Å². The summed E-state index contributed by atoms with van der Waals surface area (Å²) < 4.78 is 43.6. The van der Waals surface area contributed by atoms with Crippen molar-refractivity contribution in [1.82, 2.24) is 15.0 Å². The number of nitrogens with one attached hydrogen (secondary N) is 2. The monoisotopic (exact) mass is 367 g/mol. The van der Waals surface area contributed by atoms with Crippen molar-refractivity contribution in [2.45, 2.75) is 19.5 Å². The maximum atomic E-state index is 13.7. The van der Waals surface area contributed by atoms with Crippen molar-refractivity contribution >= 4 is 15.9 Å². The fourth-order valence-electron chi connectivity index (χ4n) is 1.99. The number of hydrogen-bond donors (Lipinski definition) is 2. The van der Waals surface area contributed by atoms with Crippen molar-refractivity contribution in [3.05, 3.63) is 54.0 Å². The average molecular weight is 367 g/mol. The Bertz CT molecular complexity index is 858. The summed E-state index contributed by atoms with van der Waals surface area (Å²) in [5.74, 6) is -0.877. The standard InChI is InChI=1S/C16H18FN3O4S/c1-11(20-25(2,22)23)15(21)19-10-12-6-5-9-18-16(12)24-14-8-4-3-7-13(14)17/h3-9,11,20H,10H2,1-2H3,(H,19,21). The number of amides is 1. The van der Waals surface area contributed by atoms with Crippen molar-refractivity contribution in [3.63, 3.8) is 0 Å². The second-order valence-electron chi connectivity index (χ2n) is 5.33. The molecule has 2 rings (SSSR count). The number of para-hydroxylation sites is 1. The molecule has 2 aromatic rings. The van der Waals surface area contributed by atoms with Gasteiger partial charge in [0.15, 0.2) is 11.6 Å². The van der Waals surface area contributed by atoms with Crippen LogP contribution in [0.1, 0.15) is 12.5 Å². The van der Waals surface area contributed by atoms with Crippen molar-refractivity contribution in [2.75, 3.05) is 6.26 Å². The molecule has 1 amide bonds. The lowest BCUT2D eigenvalue weighted by Gasteiger charge is -2.14. The fraction of sp³-hybridized carbons (Fsp3) is 0.250. The van der Waals surface area contributed by atoms with Gasteiger partial charge in [-0.1, -0.05) is 18.2 Å². The van der Waals surface area contributed by atoms with Gasteiger partial charge in [0.1, 0.15) is 0 Å². The molecule has 0 fully saturated rings. The summed E-state index contributed by atoms with van der Waals surface area (Å²) in [6, 6.07) is 8.27. The Morgan fingerprint density at radius 3 is 2.68 bits per heavy atom. The van der Waals surface area contributed by atoms with Crippen LogP contribution in [-0.4, -0.2) is 31.6 Å². The zero-order valence-electron chi connectivity index (χ0n) is 13.7. The van der Waals surface area contributed by atoms with Crippen molar-refractivity contribution in [2.24, 2.45) is 0 Å². The Morgan fingerprint density at radius 2 is 2.00 bits per heavy atom. The molecule has 1 unspecified atom stereocenters. The van der Waals surface area contributed by atoms with Crippen LogP contribution in [0.15, 0.2) is 42.6 Å². The Kier molecular flexibility index (Phi) is 6.05. The molecule has 2 N–H and O–H groups in total. The van der Waals surface area contributed by atoms with Gasteiger partial charge in [0.2, 0.25) is 21.8 Å². The van der Waals surface area contributed by atoms with Gasteiger partial charge in [-0.25, -0.2) is 22.5 Å². The quantitative estimate of drug-likeness (QED) is 0.774. The molecule has 0 aliphatic rings. The fourth-order valence-corrected chi connectivity index (χ4v) is 2.74. The van der Waals surface area contributed by atoms with Gasteiger partial charge in [0.25, 0.3) is 0 Å². The van der Waals surface area contributed by atoms with Gasteiger partial charge in [-0.05, 0) is 25.1 Å². The maximum absolute atomic E-state index is 13.7. The minimum Gasteiger partial charge on any atom is -0.436 e. The summed E-state index contributed by atoms with van der Waals surface area (Å²) in [7, 11) is -3.49. The van der Waals surface area contributed by atoms with E-state index in [1.165, 1.54) is 31.3 Å². The summed E-state index contributed by atoms with van der Waals surface area (Å²) in [6.07, 6.45) is 2.45. The highest BCUT2D eigenvalue weighted by atomic mass is 32.2. The Hall–Kier alpha value is -2.52. The normalized spacial score (nSPS) is 12.4. The van der Waals surface area contributed by atoms with E-state index in [2.05, 4.69) is 15.0 Å². The smallest absolute Gasteiger partial charge is 0.238 e. The van der Waals surface area contributed by atoms with Crippen LogP contribution >= 0.6 is 0 Å². The number of halogens is 1. The largest absolute Gasteiger partial charge is 0.436 e. The van der Waals surface area contributed by atoms with Crippen LogP contribution in [0.25, 0.3) is 0 Å². The summed E-state index contributed by atoms with van der Waals surface area (Å²) in [6.45, 7) is 1.47. The Morgan fingerprint density at radius 1 is 1.28 bits per heavy atom. The van der Waals surface area contributed by atoms with Crippen LogP contribution in [-0.2, 0) is 21.4 Å². The van der Waals surface area contributed by atoms with E-state index in [-0.39, 0.29) is 18.2 Å². The molecular weight excluding hydrogens is 349 g/mol. The molecule has 0 spiro atoms. The highest BCUT2D eigenvalue weighted by Crippen LogP contribution is 2.25. The predicted octanol–water partition coefficient (Wildman–Crippen LogP) is 1.57. The second-order valence-corrected chi connectivity index (χ2v) is 7.11. The number of hydrogen-bond acceptors (Lipinski definition) is 5. The molecule has 1 aromatic carbocycles. The maximum Gasteiger partial charge on any atom is 0.238 e. The Labute approximate surface area is 145 Å². The van der Waals surface area contributed by atoms with Gasteiger partial charge in [-0.2, -0.15) is 0 Å². The number of rotatable bonds is 7. The molecule has 134 valence electrons. The lowest BCUT2D eigenvalue weighted by atomic mass is 10.2. The highest BCUT2D eigenvalue weighted by molar-refractivity contribution is 7.88. The summed E-state index contributed by atoms with van der Waals surface area (Å²) in [5.41, 5.74) is 0.519. The van der Waals surface area contributed by atoms with Gasteiger partial charge in [-0.3, -0.25) is 4.79 Å². The first-order chi connectivity index (χ1) is 11.8. The molecule has 0 saturated carbocycles. The second kappa shape index (κ2) is 8.04. The third kappa shape index (κ3) is 5.80. The number of aromatic nitrogens is 1. The van der Waals surface area contributed by atoms with Gasteiger partial charge < -0.3 is 10.1 Å². The summed E-state index contributed by atoms with van der Waals surface area (Å²) >= 11 is 0. The van der Waals surface area contributed by atoms with Crippen LogP contribution in [0.3, 0.4) is 0 Å². The highest BCUT2D eigenvalue weighted by Gasteiger charge is 2.17. The number of nitrogens with zero attached hydrogens (tertiary/aromatic N) is 1. The van der Waals surface area contributed by atoms with Crippen molar-refractivity contribution in [3.8, 4) is 11.6 Å². The molecule has 1 aromatic heterocycles. The minimum absolute atomic E-state index is 0.0147. The molecule has 0 aliphatic heterocycles. The van der Waals surface area contributed by atoms with Gasteiger partial charge >= 0.3 is 0 Å². The van der Waals surface area contributed by atoms with E-state index in [0.717, 1.165) is 6.26 Å². The first-order valence-corrected chi connectivity index (χ1v) is 9.26. The van der Waals surface area contributed by atoms with Gasteiger partial charge in [0, 0.05) is 18.3 Å². The van der Waals surface area contributed by atoms with E-state index in [9.17, 15) is 17.6 Å². The van der Waals surface area contributed by atoms with Gasteiger partial charge in [0.05, 0.1) is 12.3 Å². The van der Waals surface area contributed by atoms with E-state index in [1.54, 1.807) is 18.2 Å². The summed E-state index contributed by atoms with van der Waals surface area (Å²) in [5, 5.41) is 2.58. The Balaban J connectivity index is 2.06. The zero-order chi connectivity index (χ0) is 18.4. The predicted molar refractivity (Wildman–Crippen MR) is 90.0 cm³/mol. The number of ether oxygens (including phenoxy) is 1. The SMILES string of the molecule is CC(NS(C)(=O)=O)C(=O)NCc1cccnc1Oc1ccccc1F. The first kappa shape index (κ1) is 18.8. The molecule has 9 heteroatoms. The van der Waals surface area contributed by atoms with E-state index < -0.39 is 27.8 Å². The summed E-state index contributed by atoms with van der Waals surface area (Å²) in [4.78, 5) is 16.0. The molecule has 0 bridgehead atoms. The van der Waals surface area contributed by atoms with E-state index in [4.69, 9.17) is 4.74 Å². The minimum atomic E-state index is -3.49. The molecule has 7 nitrogen and oxygen atoms in total.